The zero-order valence-electron chi connectivity index (χ0n) is 9.84. The van der Waals surface area contributed by atoms with Gasteiger partial charge in [-0.3, -0.25) is 0 Å². The standard InChI is InChI=1S/C13H21NOS/c14-12-7-11(8-12)10-1-4-15-13(9-10)2-5-16-6-3-13/h12H,1-9,14H2. The van der Waals surface area contributed by atoms with Gasteiger partial charge in [-0.2, -0.15) is 11.8 Å². The van der Waals surface area contributed by atoms with Gasteiger partial charge >= 0.3 is 0 Å². The lowest BCUT2D eigenvalue weighted by molar-refractivity contribution is -0.0671. The first-order chi connectivity index (χ1) is 7.77. The SMILES string of the molecule is NC1CC(=C2CCOC3(CCSCC3)C2)C1. The van der Waals surface area contributed by atoms with E-state index in [4.69, 9.17) is 10.5 Å². The van der Waals surface area contributed by atoms with Crippen molar-refractivity contribution in [2.24, 2.45) is 5.73 Å². The summed E-state index contributed by atoms with van der Waals surface area (Å²) in [6.07, 6.45) is 7.17. The first kappa shape index (κ1) is 11.1. The van der Waals surface area contributed by atoms with E-state index in [1.54, 1.807) is 11.1 Å². The van der Waals surface area contributed by atoms with Gasteiger partial charge in [-0.05, 0) is 50.0 Å². The predicted molar refractivity (Wildman–Crippen MR) is 68.7 cm³/mol. The van der Waals surface area contributed by atoms with Crippen molar-refractivity contribution in [1.82, 2.24) is 0 Å². The smallest absolute Gasteiger partial charge is 0.0735 e. The lowest BCUT2D eigenvalue weighted by atomic mass is 9.76. The van der Waals surface area contributed by atoms with Crippen LogP contribution in [-0.4, -0.2) is 29.8 Å². The molecule has 2 N–H and O–H groups in total. The Labute approximate surface area is 102 Å². The zero-order valence-corrected chi connectivity index (χ0v) is 10.7. The molecule has 2 nitrogen and oxygen atoms in total. The van der Waals surface area contributed by atoms with Gasteiger partial charge in [0.2, 0.25) is 0 Å². The number of rotatable bonds is 0. The van der Waals surface area contributed by atoms with Crippen LogP contribution in [0.15, 0.2) is 11.1 Å². The van der Waals surface area contributed by atoms with Crippen LogP contribution in [0.2, 0.25) is 0 Å². The van der Waals surface area contributed by atoms with Crippen molar-refractivity contribution >= 4 is 11.8 Å². The van der Waals surface area contributed by atoms with E-state index in [0.29, 0.717) is 6.04 Å². The average molecular weight is 239 g/mol. The molecule has 0 radical (unpaired) electrons. The van der Waals surface area contributed by atoms with E-state index in [1.807, 2.05) is 0 Å². The third-order valence-electron chi connectivity index (χ3n) is 4.27. The molecule has 1 saturated carbocycles. The molecule has 0 aromatic heterocycles. The van der Waals surface area contributed by atoms with Crippen molar-refractivity contribution < 1.29 is 4.74 Å². The number of thioether (sulfide) groups is 1. The molecule has 0 unspecified atom stereocenters. The molecular weight excluding hydrogens is 218 g/mol. The molecule has 2 heterocycles. The molecule has 2 saturated heterocycles. The van der Waals surface area contributed by atoms with E-state index in [-0.39, 0.29) is 5.60 Å². The Bertz CT molecular complexity index is 294. The molecule has 3 aliphatic rings. The molecule has 3 heteroatoms. The van der Waals surface area contributed by atoms with Crippen LogP contribution in [0.4, 0.5) is 0 Å². The lowest BCUT2D eigenvalue weighted by Gasteiger charge is -2.43. The van der Waals surface area contributed by atoms with E-state index >= 15 is 0 Å². The van der Waals surface area contributed by atoms with Gasteiger partial charge in [-0.15, -0.1) is 0 Å². The van der Waals surface area contributed by atoms with Gasteiger partial charge in [-0.25, -0.2) is 0 Å². The second kappa shape index (κ2) is 4.35. The summed E-state index contributed by atoms with van der Waals surface area (Å²) >= 11 is 2.08. The van der Waals surface area contributed by atoms with Gasteiger partial charge in [0.05, 0.1) is 12.2 Å². The molecule has 0 aromatic rings. The topological polar surface area (TPSA) is 35.2 Å². The molecule has 3 fully saturated rings. The summed E-state index contributed by atoms with van der Waals surface area (Å²) < 4.78 is 6.10. The highest BCUT2D eigenvalue weighted by Crippen LogP contribution is 2.43. The summed E-state index contributed by atoms with van der Waals surface area (Å²) in [4.78, 5) is 0. The van der Waals surface area contributed by atoms with Crippen LogP contribution in [0.3, 0.4) is 0 Å². The van der Waals surface area contributed by atoms with E-state index < -0.39 is 0 Å². The van der Waals surface area contributed by atoms with E-state index in [1.165, 1.54) is 30.8 Å². The van der Waals surface area contributed by atoms with Crippen molar-refractivity contribution in [2.45, 2.75) is 50.2 Å². The molecule has 0 aromatic carbocycles. The molecule has 0 amide bonds. The Morgan fingerprint density at radius 3 is 2.62 bits per heavy atom. The molecule has 3 rings (SSSR count). The Hall–Kier alpha value is 0.01000. The molecule has 1 aliphatic carbocycles. The summed E-state index contributed by atoms with van der Waals surface area (Å²) in [5.41, 5.74) is 9.45. The van der Waals surface area contributed by atoms with Crippen molar-refractivity contribution in [3.8, 4) is 0 Å². The van der Waals surface area contributed by atoms with Crippen LogP contribution in [0.25, 0.3) is 0 Å². The Morgan fingerprint density at radius 2 is 1.94 bits per heavy atom. The first-order valence-electron chi connectivity index (χ1n) is 6.44. The number of hydrogen-bond acceptors (Lipinski definition) is 3. The fraction of sp³-hybridized carbons (Fsp3) is 0.846. The van der Waals surface area contributed by atoms with Crippen molar-refractivity contribution in [3.05, 3.63) is 11.1 Å². The second-order valence-electron chi connectivity index (χ2n) is 5.45. The molecule has 90 valence electrons. The van der Waals surface area contributed by atoms with Crippen LogP contribution >= 0.6 is 11.8 Å². The first-order valence-corrected chi connectivity index (χ1v) is 7.60. The van der Waals surface area contributed by atoms with E-state index in [9.17, 15) is 0 Å². The number of ether oxygens (including phenoxy) is 1. The summed E-state index contributed by atoms with van der Waals surface area (Å²) in [5, 5.41) is 0. The summed E-state index contributed by atoms with van der Waals surface area (Å²) in [6, 6.07) is 0.447. The van der Waals surface area contributed by atoms with Crippen LogP contribution in [0.1, 0.15) is 38.5 Å². The predicted octanol–water partition coefficient (Wildman–Crippen LogP) is 2.48. The molecule has 1 spiro atoms. The quantitative estimate of drug-likeness (QED) is 0.660. The van der Waals surface area contributed by atoms with Gasteiger partial charge in [0.1, 0.15) is 0 Å². The molecular formula is C13H21NOS. The highest BCUT2D eigenvalue weighted by molar-refractivity contribution is 7.99. The fourth-order valence-corrected chi connectivity index (χ4v) is 4.38. The fourth-order valence-electron chi connectivity index (χ4n) is 3.15. The van der Waals surface area contributed by atoms with Crippen LogP contribution in [0, 0.1) is 0 Å². The maximum atomic E-state index is 6.10. The number of hydrogen-bond donors (Lipinski definition) is 1. The maximum absolute atomic E-state index is 6.10. The lowest BCUT2D eigenvalue weighted by Crippen LogP contribution is -2.42. The second-order valence-corrected chi connectivity index (χ2v) is 6.67. The maximum Gasteiger partial charge on any atom is 0.0735 e. The largest absolute Gasteiger partial charge is 0.374 e. The summed E-state index contributed by atoms with van der Waals surface area (Å²) in [7, 11) is 0. The molecule has 2 aliphatic heterocycles. The zero-order chi connectivity index (χ0) is 11.0. The Balaban J connectivity index is 1.72. The third-order valence-corrected chi connectivity index (χ3v) is 5.25. The van der Waals surface area contributed by atoms with Gasteiger partial charge in [0, 0.05) is 6.04 Å². The van der Waals surface area contributed by atoms with Crippen LogP contribution in [0.5, 0.6) is 0 Å². The van der Waals surface area contributed by atoms with Crippen molar-refractivity contribution in [2.75, 3.05) is 18.1 Å². The van der Waals surface area contributed by atoms with Crippen LogP contribution < -0.4 is 5.73 Å². The average Bonchev–Trinajstić information content (AvgIpc) is 2.26. The van der Waals surface area contributed by atoms with Crippen molar-refractivity contribution in [3.63, 3.8) is 0 Å². The third kappa shape index (κ3) is 2.05. The molecule has 16 heavy (non-hydrogen) atoms. The van der Waals surface area contributed by atoms with Gasteiger partial charge in [0.15, 0.2) is 0 Å². The normalized spacial score (nSPS) is 33.9. The minimum atomic E-state index is 0.214. The van der Waals surface area contributed by atoms with Gasteiger partial charge < -0.3 is 10.5 Å². The summed E-state index contributed by atoms with van der Waals surface area (Å²) in [6.45, 7) is 0.943. The van der Waals surface area contributed by atoms with Gasteiger partial charge in [-0.1, -0.05) is 11.1 Å². The van der Waals surface area contributed by atoms with E-state index in [0.717, 1.165) is 25.9 Å². The van der Waals surface area contributed by atoms with Crippen molar-refractivity contribution in [1.29, 1.82) is 0 Å². The van der Waals surface area contributed by atoms with Crippen LogP contribution in [-0.2, 0) is 4.74 Å². The number of nitrogens with two attached hydrogens (primary N) is 1. The van der Waals surface area contributed by atoms with Gasteiger partial charge in [0.25, 0.3) is 0 Å². The highest BCUT2D eigenvalue weighted by Gasteiger charge is 2.38. The minimum Gasteiger partial charge on any atom is -0.374 e. The minimum absolute atomic E-state index is 0.214. The van der Waals surface area contributed by atoms with E-state index in [2.05, 4.69) is 11.8 Å². The summed E-state index contributed by atoms with van der Waals surface area (Å²) in [5.74, 6) is 2.56. The Kier molecular flexibility index (Phi) is 3.03. The Morgan fingerprint density at radius 1 is 1.19 bits per heavy atom. The molecule has 0 bridgehead atoms. The monoisotopic (exact) mass is 239 g/mol. The molecule has 0 atom stereocenters. The highest BCUT2D eigenvalue weighted by atomic mass is 32.2.